The minimum atomic E-state index is -3.59. The van der Waals surface area contributed by atoms with E-state index in [2.05, 4.69) is 10.2 Å². The van der Waals surface area contributed by atoms with E-state index in [1.165, 1.54) is 4.31 Å². The van der Waals surface area contributed by atoms with Gasteiger partial charge in [-0.05, 0) is 17.7 Å². The van der Waals surface area contributed by atoms with Gasteiger partial charge in [-0.3, -0.25) is 4.68 Å². The molecule has 9 heteroatoms. The fourth-order valence-electron chi connectivity index (χ4n) is 4.03. The smallest absolute Gasteiger partial charge is 0.243 e. The van der Waals surface area contributed by atoms with Crippen molar-refractivity contribution in [2.45, 2.75) is 24.4 Å². The molecule has 0 bridgehead atoms. The summed E-state index contributed by atoms with van der Waals surface area (Å²) in [4.78, 5) is 0.302. The van der Waals surface area contributed by atoms with Gasteiger partial charge in [0.15, 0.2) is 5.82 Å². The standard InChI is InChI=1S/C22H22N6O2S/c1-26-20-12-13-28(31(29,30)18-10-6-3-7-11-18)15-19(20)21(25-26)22-24-23-16-27(22)14-17-8-4-2-5-9-17/h2-11,16H,12-15H2,1H3. The first-order valence-electron chi connectivity index (χ1n) is 10.1. The van der Waals surface area contributed by atoms with E-state index in [9.17, 15) is 8.42 Å². The zero-order valence-corrected chi connectivity index (χ0v) is 17.9. The molecule has 2 aromatic heterocycles. The Hall–Kier alpha value is -3.30. The monoisotopic (exact) mass is 434 g/mol. The molecule has 0 saturated carbocycles. The van der Waals surface area contributed by atoms with E-state index in [1.807, 2.05) is 52.7 Å². The fourth-order valence-corrected chi connectivity index (χ4v) is 5.46. The molecule has 0 amide bonds. The first-order valence-corrected chi connectivity index (χ1v) is 11.5. The minimum Gasteiger partial charge on any atom is -0.308 e. The summed E-state index contributed by atoms with van der Waals surface area (Å²) in [6, 6.07) is 18.6. The van der Waals surface area contributed by atoms with Gasteiger partial charge < -0.3 is 4.57 Å². The number of hydrogen-bond acceptors (Lipinski definition) is 5. The summed E-state index contributed by atoms with van der Waals surface area (Å²) >= 11 is 0. The van der Waals surface area contributed by atoms with Crippen LogP contribution in [-0.4, -0.2) is 43.8 Å². The molecule has 2 aromatic carbocycles. The van der Waals surface area contributed by atoms with Crippen molar-refractivity contribution in [3.63, 3.8) is 0 Å². The van der Waals surface area contributed by atoms with E-state index in [-0.39, 0.29) is 6.54 Å². The van der Waals surface area contributed by atoms with E-state index < -0.39 is 10.0 Å². The molecule has 0 aliphatic carbocycles. The molecule has 0 radical (unpaired) electrons. The highest BCUT2D eigenvalue weighted by atomic mass is 32.2. The topological polar surface area (TPSA) is 85.9 Å². The van der Waals surface area contributed by atoms with Crippen molar-refractivity contribution in [1.29, 1.82) is 0 Å². The lowest BCUT2D eigenvalue weighted by molar-refractivity contribution is 0.386. The highest BCUT2D eigenvalue weighted by molar-refractivity contribution is 7.89. The number of rotatable bonds is 5. The van der Waals surface area contributed by atoms with Gasteiger partial charge in [0.25, 0.3) is 0 Å². The Bertz CT molecular complexity index is 1310. The highest BCUT2D eigenvalue weighted by Gasteiger charge is 2.33. The van der Waals surface area contributed by atoms with Crippen LogP contribution in [0, 0.1) is 0 Å². The maximum Gasteiger partial charge on any atom is 0.243 e. The Morgan fingerprint density at radius 1 is 1.00 bits per heavy atom. The van der Waals surface area contributed by atoms with Crippen molar-refractivity contribution in [3.8, 4) is 11.5 Å². The van der Waals surface area contributed by atoms with Gasteiger partial charge in [0.05, 0.1) is 11.4 Å². The van der Waals surface area contributed by atoms with E-state index in [0.29, 0.717) is 35.9 Å². The number of aromatic nitrogens is 5. The van der Waals surface area contributed by atoms with Crippen LogP contribution in [0.2, 0.25) is 0 Å². The second-order valence-electron chi connectivity index (χ2n) is 7.57. The van der Waals surface area contributed by atoms with Gasteiger partial charge in [-0.1, -0.05) is 48.5 Å². The van der Waals surface area contributed by atoms with Crippen molar-refractivity contribution >= 4 is 10.0 Å². The number of sulfonamides is 1. The van der Waals surface area contributed by atoms with Crippen LogP contribution in [0.4, 0.5) is 0 Å². The van der Waals surface area contributed by atoms with Gasteiger partial charge in [-0.2, -0.15) is 9.40 Å². The number of benzene rings is 2. The van der Waals surface area contributed by atoms with Crippen LogP contribution in [0.15, 0.2) is 71.9 Å². The van der Waals surface area contributed by atoms with E-state index >= 15 is 0 Å². The molecule has 0 unspecified atom stereocenters. The Morgan fingerprint density at radius 3 is 2.45 bits per heavy atom. The average Bonchev–Trinajstić information content (AvgIpc) is 3.38. The summed E-state index contributed by atoms with van der Waals surface area (Å²) in [5.74, 6) is 0.639. The molecule has 4 aromatic rings. The van der Waals surface area contributed by atoms with Crippen LogP contribution in [-0.2, 0) is 36.6 Å². The Labute approximate surface area is 180 Å². The van der Waals surface area contributed by atoms with Crippen molar-refractivity contribution in [3.05, 3.63) is 83.8 Å². The summed E-state index contributed by atoms with van der Waals surface area (Å²) in [6.07, 6.45) is 2.28. The highest BCUT2D eigenvalue weighted by Crippen LogP contribution is 2.31. The molecule has 0 fully saturated rings. The molecule has 31 heavy (non-hydrogen) atoms. The predicted molar refractivity (Wildman–Crippen MR) is 116 cm³/mol. The molecule has 158 valence electrons. The van der Waals surface area contributed by atoms with Gasteiger partial charge >= 0.3 is 0 Å². The van der Waals surface area contributed by atoms with Crippen LogP contribution in [0.5, 0.6) is 0 Å². The normalized spacial score (nSPS) is 14.5. The van der Waals surface area contributed by atoms with Crippen LogP contribution >= 0.6 is 0 Å². The summed E-state index contributed by atoms with van der Waals surface area (Å²) in [6.45, 7) is 1.29. The lowest BCUT2D eigenvalue weighted by Gasteiger charge is -2.27. The Kier molecular flexibility index (Phi) is 4.91. The lowest BCUT2D eigenvalue weighted by atomic mass is 10.1. The van der Waals surface area contributed by atoms with Crippen molar-refractivity contribution in [2.24, 2.45) is 7.05 Å². The van der Waals surface area contributed by atoms with Crippen LogP contribution < -0.4 is 0 Å². The molecule has 8 nitrogen and oxygen atoms in total. The third-order valence-corrected chi connectivity index (χ3v) is 7.47. The molecule has 0 spiro atoms. The van der Waals surface area contributed by atoms with Crippen LogP contribution in [0.3, 0.4) is 0 Å². The van der Waals surface area contributed by atoms with Crippen LogP contribution in [0.25, 0.3) is 11.5 Å². The largest absolute Gasteiger partial charge is 0.308 e. The number of hydrogen-bond donors (Lipinski definition) is 0. The second kappa shape index (κ2) is 7.75. The molecular weight excluding hydrogens is 412 g/mol. The Balaban J connectivity index is 1.51. The van der Waals surface area contributed by atoms with Gasteiger partial charge in [0, 0.05) is 37.8 Å². The first-order chi connectivity index (χ1) is 15.0. The molecule has 0 atom stereocenters. The second-order valence-corrected chi connectivity index (χ2v) is 9.51. The van der Waals surface area contributed by atoms with E-state index in [4.69, 9.17) is 5.10 Å². The predicted octanol–water partition coefficient (Wildman–Crippen LogP) is 2.47. The van der Waals surface area contributed by atoms with Gasteiger partial charge in [-0.25, -0.2) is 8.42 Å². The zero-order valence-electron chi connectivity index (χ0n) is 17.1. The van der Waals surface area contributed by atoms with Crippen LogP contribution in [0.1, 0.15) is 16.8 Å². The van der Waals surface area contributed by atoms with Gasteiger partial charge in [0.1, 0.15) is 12.0 Å². The average molecular weight is 435 g/mol. The van der Waals surface area contributed by atoms with Crippen molar-refractivity contribution in [1.82, 2.24) is 28.9 Å². The number of nitrogens with zero attached hydrogens (tertiary/aromatic N) is 6. The maximum absolute atomic E-state index is 13.2. The first kappa shape index (κ1) is 19.7. The van der Waals surface area contributed by atoms with Gasteiger partial charge in [0.2, 0.25) is 10.0 Å². The summed E-state index contributed by atoms with van der Waals surface area (Å²) < 4.78 is 31.7. The van der Waals surface area contributed by atoms with Crippen molar-refractivity contribution < 1.29 is 8.42 Å². The maximum atomic E-state index is 13.2. The summed E-state index contributed by atoms with van der Waals surface area (Å²) in [5.41, 5.74) is 3.72. The van der Waals surface area contributed by atoms with E-state index in [1.54, 1.807) is 30.6 Å². The summed E-state index contributed by atoms with van der Waals surface area (Å²) in [5, 5.41) is 13.1. The zero-order chi connectivity index (χ0) is 21.4. The van der Waals surface area contributed by atoms with Gasteiger partial charge in [-0.15, -0.1) is 10.2 Å². The molecule has 0 saturated heterocycles. The fraction of sp³-hybridized carbons (Fsp3) is 0.227. The molecule has 0 N–H and O–H groups in total. The Morgan fingerprint density at radius 2 is 1.71 bits per heavy atom. The number of fused-ring (bicyclic) bond motifs is 1. The lowest BCUT2D eigenvalue weighted by Crippen LogP contribution is -2.36. The minimum absolute atomic E-state index is 0.258. The quantitative estimate of drug-likeness (QED) is 0.482. The molecule has 3 heterocycles. The van der Waals surface area contributed by atoms with E-state index in [0.717, 1.165) is 16.8 Å². The third-order valence-electron chi connectivity index (χ3n) is 5.61. The molecule has 5 rings (SSSR count). The van der Waals surface area contributed by atoms with Crippen molar-refractivity contribution in [2.75, 3.05) is 6.54 Å². The summed E-state index contributed by atoms with van der Waals surface area (Å²) in [7, 11) is -1.70. The molecule has 1 aliphatic heterocycles. The molecular formula is C22H22N6O2S. The number of aryl methyl sites for hydroxylation is 1. The third kappa shape index (κ3) is 3.55. The molecule has 1 aliphatic rings. The SMILES string of the molecule is Cn1nc(-c2nncn2Cc2ccccc2)c2c1CCN(S(=O)(=O)c1ccccc1)C2.